The molecule has 1 rings (SSSR count). The molecule has 6 heteroatoms. The lowest BCUT2D eigenvalue weighted by Crippen LogP contribution is -2.41. The first-order valence-corrected chi connectivity index (χ1v) is 8.26. The lowest BCUT2D eigenvalue weighted by Gasteiger charge is -2.23. The SMILES string of the molecule is CC(C)(C)OC(=O)NCC1CCCC1NCCCCC(N)=O. The number of ether oxygens (including phenoxy) is 1. The van der Waals surface area contributed by atoms with E-state index in [9.17, 15) is 9.59 Å². The molecule has 0 bridgehead atoms. The topological polar surface area (TPSA) is 93.4 Å². The molecule has 0 radical (unpaired) electrons. The molecule has 0 aliphatic heterocycles. The second kappa shape index (κ2) is 8.98. The summed E-state index contributed by atoms with van der Waals surface area (Å²) in [5.74, 6) is 0.212. The van der Waals surface area contributed by atoms with Gasteiger partial charge in [-0.25, -0.2) is 4.79 Å². The van der Waals surface area contributed by atoms with Crippen molar-refractivity contribution >= 4 is 12.0 Å². The summed E-state index contributed by atoms with van der Waals surface area (Å²) in [6.45, 7) is 7.12. The van der Waals surface area contributed by atoms with E-state index in [1.165, 1.54) is 6.42 Å². The molecule has 0 spiro atoms. The third-order valence-electron chi connectivity index (χ3n) is 3.82. The van der Waals surface area contributed by atoms with E-state index < -0.39 is 5.60 Å². The maximum absolute atomic E-state index is 11.7. The molecule has 0 heterocycles. The van der Waals surface area contributed by atoms with Gasteiger partial charge in [-0.15, -0.1) is 0 Å². The Kier molecular flexibility index (Phi) is 7.65. The maximum Gasteiger partial charge on any atom is 0.407 e. The van der Waals surface area contributed by atoms with Gasteiger partial charge in [-0.05, 0) is 58.9 Å². The summed E-state index contributed by atoms with van der Waals surface area (Å²) in [6, 6.07) is 0.434. The molecule has 22 heavy (non-hydrogen) atoms. The quantitative estimate of drug-likeness (QED) is 0.597. The van der Waals surface area contributed by atoms with Crippen molar-refractivity contribution in [3.63, 3.8) is 0 Å². The minimum Gasteiger partial charge on any atom is -0.444 e. The Balaban J connectivity index is 2.20. The maximum atomic E-state index is 11.7. The highest BCUT2D eigenvalue weighted by atomic mass is 16.6. The Bertz CT molecular complexity index is 366. The molecule has 0 aromatic rings. The van der Waals surface area contributed by atoms with Gasteiger partial charge in [0.2, 0.25) is 5.91 Å². The van der Waals surface area contributed by atoms with Crippen molar-refractivity contribution in [3.8, 4) is 0 Å². The highest BCUT2D eigenvalue weighted by molar-refractivity contribution is 5.73. The molecule has 1 saturated carbocycles. The highest BCUT2D eigenvalue weighted by Gasteiger charge is 2.27. The molecule has 4 N–H and O–H groups in total. The summed E-state index contributed by atoms with van der Waals surface area (Å²) in [7, 11) is 0. The molecule has 6 nitrogen and oxygen atoms in total. The van der Waals surface area contributed by atoms with Crippen LogP contribution < -0.4 is 16.4 Å². The fraction of sp³-hybridized carbons (Fsp3) is 0.875. The summed E-state index contributed by atoms with van der Waals surface area (Å²) in [4.78, 5) is 22.4. The van der Waals surface area contributed by atoms with Crippen LogP contribution in [0.5, 0.6) is 0 Å². The standard InChI is InChI=1S/C16H31N3O3/c1-16(2,3)22-15(21)19-11-12-7-6-8-13(12)18-10-5-4-9-14(17)20/h12-13,18H,4-11H2,1-3H3,(H2,17,20)(H,19,21). The van der Waals surface area contributed by atoms with Crippen LogP contribution in [0, 0.1) is 5.92 Å². The molecule has 0 aromatic carbocycles. The number of rotatable bonds is 8. The number of hydrogen-bond donors (Lipinski definition) is 3. The number of amides is 2. The predicted octanol–water partition coefficient (Wildman–Crippen LogP) is 1.92. The van der Waals surface area contributed by atoms with Gasteiger partial charge in [0, 0.05) is 19.0 Å². The Labute approximate surface area is 133 Å². The van der Waals surface area contributed by atoms with Crippen LogP contribution in [0.15, 0.2) is 0 Å². The number of carbonyl (C=O) groups excluding carboxylic acids is 2. The van der Waals surface area contributed by atoms with Crippen LogP contribution in [-0.2, 0) is 9.53 Å². The van der Waals surface area contributed by atoms with Crippen molar-refractivity contribution in [2.45, 2.75) is 70.9 Å². The number of alkyl carbamates (subject to hydrolysis) is 1. The zero-order valence-corrected chi connectivity index (χ0v) is 14.1. The average Bonchev–Trinajstić information content (AvgIpc) is 2.81. The molecule has 1 aliphatic carbocycles. The van der Waals surface area contributed by atoms with Gasteiger partial charge in [0.15, 0.2) is 0 Å². The normalized spacial score (nSPS) is 21.6. The lowest BCUT2D eigenvalue weighted by molar-refractivity contribution is -0.118. The summed E-state index contributed by atoms with van der Waals surface area (Å²) in [5.41, 5.74) is 4.66. The first-order chi connectivity index (χ1) is 10.3. The van der Waals surface area contributed by atoms with Crippen molar-refractivity contribution < 1.29 is 14.3 Å². The van der Waals surface area contributed by atoms with E-state index in [1.807, 2.05) is 20.8 Å². The molecular weight excluding hydrogens is 282 g/mol. The minimum atomic E-state index is -0.460. The van der Waals surface area contributed by atoms with E-state index >= 15 is 0 Å². The van der Waals surface area contributed by atoms with Gasteiger partial charge >= 0.3 is 6.09 Å². The van der Waals surface area contributed by atoms with E-state index in [4.69, 9.17) is 10.5 Å². The molecule has 128 valence electrons. The molecule has 2 unspecified atom stereocenters. The van der Waals surface area contributed by atoms with Gasteiger partial charge in [0.25, 0.3) is 0 Å². The van der Waals surface area contributed by atoms with Crippen LogP contribution in [0.25, 0.3) is 0 Å². The van der Waals surface area contributed by atoms with Crippen LogP contribution in [0.1, 0.15) is 59.3 Å². The Morgan fingerprint density at radius 2 is 1.95 bits per heavy atom. The van der Waals surface area contributed by atoms with Crippen LogP contribution in [0.2, 0.25) is 0 Å². The van der Waals surface area contributed by atoms with E-state index in [0.29, 0.717) is 24.9 Å². The zero-order valence-electron chi connectivity index (χ0n) is 14.1. The first-order valence-electron chi connectivity index (χ1n) is 8.26. The molecule has 2 amide bonds. The van der Waals surface area contributed by atoms with E-state index in [1.54, 1.807) is 0 Å². The highest BCUT2D eigenvalue weighted by Crippen LogP contribution is 2.25. The summed E-state index contributed by atoms with van der Waals surface area (Å²) >= 11 is 0. The largest absolute Gasteiger partial charge is 0.444 e. The second-order valence-electron chi connectivity index (χ2n) is 7.06. The van der Waals surface area contributed by atoms with Crippen LogP contribution in [0.4, 0.5) is 4.79 Å². The van der Waals surface area contributed by atoms with Gasteiger partial charge < -0.3 is 21.1 Å². The van der Waals surface area contributed by atoms with Crippen LogP contribution in [0.3, 0.4) is 0 Å². The second-order valence-corrected chi connectivity index (χ2v) is 7.06. The fourth-order valence-corrected chi connectivity index (χ4v) is 2.79. The number of nitrogens with two attached hydrogens (primary N) is 1. The lowest BCUT2D eigenvalue weighted by atomic mass is 10.0. The summed E-state index contributed by atoms with van der Waals surface area (Å²) in [6.07, 6.45) is 5.32. The van der Waals surface area contributed by atoms with Crippen LogP contribution in [-0.4, -0.2) is 36.7 Å². The molecular formula is C16H31N3O3. The van der Waals surface area contributed by atoms with E-state index in [-0.39, 0.29) is 12.0 Å². The van der Waals surface area contributed by atoms with Crippen molar-refractivity contribution in [3.05, 3.63) is 0 Å². The number of carbonyl (C=O) groups is 2. The number of primary amides is 1. The average molecular weight is 313 g/mol. The van der Waals surface area contributed by atoms with Gasteiger partial charge in [-0.2, -0.15) is 0 Å². The minimum absolute atomic E-state index is 0.236. The monoisotopic (exact) mass is 313 g/mol. The van der Waals surface area contributed by atoms with E-state index in [0.717, 1.165) is 32.2 Å². The van der Waals surface area contributed by atoms with Crippen LogP contribution >= 0.6 is 0 Å². The molecule has 2 atom stereocenters. The van der Waals surface area contributed by atoms with Gasteiger partial charge in [-0.3, -0.25) is 4.79 Å². The van der Waals surface area contributed by atoms with Gasteiger partial charge in [0.05, 0.1) is 0 Å². The Hall–Kier alpha value is -1.30. The first kappa shape index (κ1) is 18.7. The Morgan fingerprint density at radius 3 is 2.59 bits per heavy atom. The predicted molar refractivity (Wildman–Crippen MR) is 86.4 cm³/mol. The molecule has 1 fully saturated rings. The van der Waals surface area contributed by atoms with E-state index in [2.05, 4.69) is 10.6 Å². The molecule has 0 aromatic heterocycles. The third kappa shape index (κ3) is 8.22. The third-order valence-corrected chi connectivity index (χ3v) is 3.82. The molecule has 0 saturated heterocycles. The van der Waals surface area contributed by atoms with Crippen molar-refractivity contribution in [1.82, 2.24) is 10.6 Å². The summed E-state index contributed by atoms with van der Waals surface area (Å²) < 4.78 is 5.25. The van der Waals surface area contributed by atoms with Gasteiger partial charge in [0.1, 0.15) is 5.60 Å². The van der Waals surface area contributed by atoms with Gasteiger partial charge in [-0.1, -0.05) is 6.42 Å². The number of hydrogen-bond acceptors (Lipinski definition) is 4. The smallest absolute Gasteiger partial charge is 0.407 e. The van der Waals surface area contributed by atoms with Crippen molar-refractivity contribution in [2.24, 2.45) is 11.7 Å². The Morgan fingerprint density at radius 1 is 1.23 bits per heavy atom. The fourth-order valence-electron chi connectivity index (χ4n) is 2.79. The summed E-state index contributed by atoms with van der Waals surface area (Å²) in [5, 5.41) is 6.40. The zero-order chi connectivity index (χ0) is 16.6. The number of nitrogens with one attached hydrogen (secondary N) is 2. The molecule has 1 aliphatic rings. The van der Waals surface area contributed by atoms with Crippen molar-refractivity contribution in [1.29, 1.82) is 0 Å². The van der Waals surface area contributed by atoms with Crippen molar-refractivity contribution in [2.75, 3.05) is 13.1 Å². The number of unbranched alkanes of at least 4 members (excludes halogenated alkanes) is 1.